The first kappa shape index (κ1) is 15.3. The van der Waals surface area contributed by atoms with Gasteiger partial charge in [0.25, 0.3) is 0 Å². The Bertz CT molecular complexity index is 722. The number of esters is 1. The Labute approximate surface area is 135 Å². The third-order valence-electron chi connectivity index (χ3n) is 4.24. The number of hydrogen-bond donors (Lipinski definition) is 1. The van der Waals surface area contributed by atoms with Gasteiger partial charge in [-0.3, -0.25) is 5.10 Å². The molecule has 0 aliphatic carbocycles. The number of aromatic nitrogens is 2. The molecule has 0 fully saturated rings. The minimum Gasteiger partial charge on any atom is -0.493 e. The van der Waals surface area contributed by atoms with Crippen molar-refractivity contribution >= 4 is 12.0 Å². The lowest BCUT2D eigenvalue weighted by Gasteiger charge is -2.35. The molecule has 1 aromatic carbocycles. The molecule has 1 aliphatic heterocycles. The van der Waals surface area contributed by atoms with E-state index in [4.69, 9.17) is 9.47 Å². The Morgan fingerprint density at radius 3 is 3.09 bits per heavy atom. The van der Waals surface area contributed by atoms with Crippen LogP contribution in [0.3, 0.4) is 0 Å². The van der Waals surface area contributed by atoms with Crippen LogP contribution in [0.5, 0.6) is 5.75 Å². The van der Waals surface area contributed by atoms with Gasteiger partial charge in [0.15, 0.2) is 0 Å². The second kappa shape index (κ2) is 6.28. The number of para-hydroxylation sites is 1. The van der Waals surface area contributed by atoms with E-state index in [0.29, 0.717) is 13.2 Å². The van der Waals surface area contributed by atoms with Crippen molar-refractivity contribution in [1.82, 2.24) is 10.2 Å². The van der Waals surface area contributed by atoms with E-state index in [1.807, 2.05) is 24.4 Å². The minimum absolute atomic E-state index is 0.207. The number of nitrogens with one attached hydrogen (secondary N) is 1. The summed E-state index contributed by atoms with van der Waals surface area (Å²) in [5.74, 6) is 0.459. The van der Waals surface area contributed by atoms with Gasteiger partial charge in [0.05, 0.1) is 18.9 Å². The van der Waals surface area contributed by atoms with Crippen LogP contribution in [-0.4, -0.2) is 29.4 Å². The maximum atomic E-state index is 11.5. The maximum absolute atomic E-state index is 11.5. The first-order valence-corrected chi connectivity index (χ1v) is 7.76. The summed E-state index contributed by atoms with van der Waals surface area (Å²) in [5, 5.41) is 7.25. The van der Waals surface area contributed by atoms with Gasteiger partial charge < -0.3 is 9.47 Å². The fourth-order valence-corrected chi connectivity index (χ4v) is 2.96. The van der Waals surface area contributed by atoms with Gasteiger partial charge in [0.1, 0.15) is 5.75 Å². The van der Waals surface area contributed by atoms with E-state index in [2.05, 4.69) is 23.2 Å². The van der Waals surface area contributed by atoms with Crippen LogP contribution < -0.4 is 4.74 Å². The standard InChI is InChI=1S/C18H20N2O3/c1-3-22-16(21)8-7-13-5-4-6-14-17(13)23-12-10-18(14,2)15-9-11-19-20-15/h4-9,11H,3,10,12H2,1-2H3,(H,19,20)/b8-7+. The zero-order valence-corrected chi connectivity index (χ0v) is 13.3. The number of hydrogen-bond acceptors (Lipinski definition) is 4. The number of aromatic amines is 1. The Morgan fingerprint density at radius 2 is 2.35 bits per heavy atom. The van der Waals surface area contributed by atoms with Crippen molar-refractivity contribution in [3.05, 3.63) is 53.4 Å². The summed E-state index contributed by atoms with van der Waals surface area (Å²) in [6.07, 6.45) is 5.87. The van der Waals surface area contributed by atoms with Crippen LogP contribution in [0.1, 0.15) is 37.1 Å². The van der Waals surface area contributed by atoms with Crippen molar-refractivity contribution in [2.45, 2.75) is 25.7 Å². The molecular formula is C18H20N2O3. The average Bonchev–Trinajstić information content (AvgIpc) is 3.09. The number of carbonyl (C=O) groups excluding carboxylic acids is 1. The van der Waals surface area contributed by atoms with Crippen molar-refractivity contribution in [3.8, 4) is 5.75 Å². The molecule has 5 nitrogen and oxygen atoms in total. The van der Waals surface area contributed by atoms with Gasteiger partial charge in [-0.25, -0.2) is 4.79 Å². The molecule has 2 heterocycles. The number of benzene rings is 1. The lowest BCUT2D eigenvalue weighted by molar-refractivity contribution is -0.137. The van der Waals surface area contributed by atoms with Crippen molar-refractivity contribution < 1.29 is 14.3 Å². The summed E-state index contributed by atoms with van der Waals surface area (Å²) < 4.78 is 10.8. The Morgan fingerprint density at radius 1 is 1.48 bits per heavy atom. The molecular weight excluding hydrogens is 292 g/mol. The normalized spacial score (nSPS) is 20.1. The van der Waals surface area contributed by atoms with E-state index in [-0.39, 0.29) is 11.4 Å². The number of rotatable bonds is 4. The summed E-state index contributed by atoms with van der Waals surface area (Å²) in [7, 11) is 0. The van der Waals surface area contributed by atoms with E-state index in [0.717, 1.165) is 29.0 Å². The fourth-order valence-electron chi connectivity index (χ4n) is 2.96. The smallest absolute Gasteiger partial charge is 0.330 e. The molecule has 1 aromatic heterocycles. The highest BCUT2D eigenvalue weighted by atomic mass is 16.5. The molecule has 0 amide bonds. The van der Waals surface area contributed by atoms with Crippen molar-refractivity contribution in [3.63, 3.8) is 0 Å². The highest BCUT2D eigenvalue weighted by Gasteiger charge is 2.37. The molecule has 0 bridgehead atoms. The second-order valence-electron chi connectivity index (χ2n) is 5.70. The fraction of sp³-hybridized carbons (Fsp3) is 0.333. The third-order valence-corrected chi connectivity index (χ3v) is 4.24. The highest BCUT2D eigenvalue weighted by molar-refractivity contribution is 5.87. The van der Waals surface area contributed by atoms with Crippen molar-refractivity contribution in [2.75, 3.05) is 13.2 Å². The van der Waals surface area contributed by atoms with Crippen LogP contribution in [-0.2, 0) is 14.9 Å². The zero-order chi connectivity index (χ0) is 16.3. The minimum atomic E-state index is -0.351. The molecule has 120 valence electrons. The topological polar surface area (TPSA) is 64.2 Å². The molecule has 0 spiro atoms. The average molecular weight is 312 g/mol. The molecule has 23 heavy (non-hydrogen) atoms. The van der Waals surface area contributed by atoms with Crippen molar-refractivity contribution in [2.24, 2.45) is 0 Å². The Kier molecular flexibility index (Phi) is 4.19. The van der Waals surface area contributed by atoms with Crippen molar-refractivity contribution in [1.29, 1.82) is 0 Å². The number of nitrogens with zero attached hydrogens (tertiary/aromatic N) is 1. The molecule has 1 atom stereocenters. The monoisotopic (exact) mass is 312 g/mol. The highest BCUT2D eigenvalue weighted by Crippen LogP contribution is 2.44. The van der Waals surface area contributed by atoms with Gasteiger partial charge in [0, 0.05) is 28.8 Å². The summed E-state index contributed by atoms with van der Waals surface area (Å²) in [6.45, 7) is 4.93. The summed E-state index contributed by atoms with van der Waals surface area (Å²) in [5.41, 5.74) is 2.74. The number of carbonyl (C=O) groups is 1. The van der Waals surface area contributed by atoms with E-state index in [1.165, 1.54) is 6.08 Å². The van der Waals surface area contributed by atoms with Gasteiger partial charge in [-0.2, -0.15) is 5.10 Å². The number of fused-ring (bicyclic) bond motifs is 1. The largest absolute Gasteiger partial charge is 0.493 e. The molecule has 1 N–H and O–H groups in total. The van der Waals surface area contributed by atoms with Crippen LogP contribution >= 0.6 is 0 Å². The Hall–Kier alpha value is -2.56. The molecule has 2 aromatic rings. The summed E-state index contributed by atoms with van der Waals surface area (Å²) in [6, 6.07) is 7.97. The van der Waals surface area contributed by atoms with Gasteiger partial charge in [-0.1, -0.05) is 18.2 Å². The van der Waals surface area contributed by atoms with Gasteiger partial charge >= 0.3 is 5.97 Å². The maximum Gasteiger partial charge on any atom is 0.330 e. The SMILES string of the molecule is CCOC(=O)/C=C/c1cccc2c1OCCC2(C)c1cc[nH]n1. The number of H-pyrrole nitrogens is 1. The quantitative estimate of drug-likeness (QED) is 0.696. The van der Waals surface area contributed by atoms with Crippen LogP contribution in [0.25, 0.3) is 6.08 Å². The Balaban J connectivity index is 1.99. The third kappa shape index (κ3) is 2.86. The van der Waals surface area contributed by atoms with E-state index >= 15 is 0 Å². The van der Waals surface area contributed by atoms with Crippen LogP contribution in [0, 0.1) is 0 Å². The van der Waals surface area contributed by atoms with Crippen LogP contribution in [0.2, 0.25) is 0 Å². The lowest BCUT2D eigenvalue weighted by atomic mass is 9.74. The predicted octanol–water partition coefficient (Wildman–Crippen LogP) is 3.07. The van der Waals surface area contributed by atoms with Gasteiger partial charge in [0.2, 0.25) is 0 Å². The molecule has 0 saturated carbocycles. The first-order valence-electron chi connectivity index (χ1n) is 7.76. The number of ether oxygens (including phenoxy) is 2. The molecule has 1 aliphatic rings. The van der Waals surface area contributed by atoms with E-state index in [9.17, 15) is 4.79 Å². The summed E-state index contributed by atoms with van der Waals surface area (Å²) >= 11 is 0. The van der Waals surface area contributed by atoms with Gasteiger partial charge in [-0.15, -0.1) is 0 Å². The second-order valence-corrected chi connectivity index (χ2v) is 5.70. The molecule has 5 heteroatoms. The predicted molar refractivity (Wildman–Crippen MR) is 87.3 cm³/mol. The lowest BCUT2D eigenvalue weighted by Crippen LogP contribution is -2.31. The molecule has 0 saturated heterocycles. The molecule has 0 radical (unpaired) electrons. The van der Waals surface area contributed by atoms with E-state index < -0.39 is 0 Å². The molecule has 1 unspecified atom stereocenters. The van der Waals surface area contributed by atoms with Crippen LogP contribution in [0.15, 0.2) is 36.5 Å². The first-order chi connectivity index (χ1) is 11.1. The molecule has 3 rings (SSSR count). The van der Waals surface area contributed by atoms with Crippen LogP contribution in [0.4, 0.5) is 0 Å². The van der Waals surface area contributed by atoms with Gasteiger partial charge in [-0.05, 0) is 32.4 Å². The summed E-state index contributed by atoms with van der Waals surface area (Å²) in [4.78, 5) is 11.5. The van der Waals surface area contributed by atoms with E-state index in [1.54, 1.807) is 13.0 Å². The zero-order valence-electron chi connectivity index (χ0n) is 13.3.